The van der Waals surface area contributed by atoms with E-state index in [9.17, 15) is 4.79 Å². The second-order valence-corrected chi connectivity index (χ2v) is 8.08. The molecule has 1 aliphatic carbocycles. The van der Waals surface area contributed by atoms with Crippen LogP contribution in [0.2, 0.25) is 0 Å². The van der Waals surface area contributed by atoms with Crippen molar-refractivity contribution < 1.29 is 4.74 Å². The van der Waals surface area contributed by atoms with E-state index in [0.717, 1.165) is 70.4 Å². The van der Waals surface area contributed by atoms with Gasteiger partial charge in [0.1, 0.15) is 0 Å². The molecule has 0 atom stereocenters. The smallest absolute Gasteiger partial charge is 0.267 e. The van der Waals surface area contributed by atoms with Crippen LogP contribution in [0.4, 0.5) is 0 Å². The molecule has 6 heteroatoms. The molecule has 2 saturated heterocycles. The van der Waals surface area contributed by atoms with Gasteiger partial charge in [0.25, 0.3) is 5.56 Å². The number of piperazine rings is 1. The van der Waals surface area contributed by atoms with Crippen LogP contribution in [0.5, 0.6) is 0 Å². The van der Waals surface area contributed by atoms with Crippen molar-refractivity contribution in [3.05, 3.63) is 27.7 Å². The topological polar surface area (TPSA) is 50.6 Å². The SMILES string of the molecule is O=c1cc2c(nn1CCN1CCN(CC3CCOCC3)CC1)CCCC2. The lowest BCUT2D eigenvalue weighted by Crippen LogP contribution is -2.49. The Morgan fingerprint density at radius 3 is 2.54 bits per heavy atom. The summed E-state index contributed by atoms with van der Waals surface area (Å²) < 4.78 is 7.16. The van der Waals surface area contributed by atoms with E-state index in [1.807, 2.05) is 6.07 Å². The minimum absolute atomic E-state index is 0.0730. The predicted molar refractivity (Wildman–Crippen MR) is 102 cm³/mol. The second-order valence-electron chi connectivity index (χ2n) is 8.08. The van der Waals surface area contributed by atoms with Crippen LogP contribution in [0.15, 0.2) is 10.9 Å². The summed E-state index contributed by atoms with van der Waals surface area (Å²) in [6.07, 6.45) is 6.87. The number of aryl methyl sites for hydroxylation is 2. The molecule has 0 saturated carbocycles. The molecule has 144 valence electrons. The van der Waals surface area contributed by atoms with Crippen LogP contribution in [-0.2, 0) is 24.1 Å². The Balaban J connectivity index is 1.24. The van der Waals surface area contributed by atoms with Gasteiger partial charge in [0, 0.05) is 58.5 Å². The molecule has 0 aromatic carbocycles. The normalized spacial score (nSPS) is 23.1. The van der Waals surface area contributed by atoms with E-state index in [4.69, 9.17) is 4.74 Å². The van der Waals surface area contributed by atoms with Crippen molar-refractivity contribution in [1.82, 2.24) is 19.6 Å². The lowest BCUT2D eigenvalue weighted by molar-refractivity contribution is 0.0418. The molecule has 3 heterocycles. The van der Waals surface area contributed by atoms with E-state index in [0.29, 0.717) is 6.54 Å². The summed E-state index contributed by atoms with van der Waals surface area (Å²) in [6, 6.07) is 1.83. The number of hydrogen-bond acceptors (Lipinski definition) is 5. The number of ether oxygens (including phenoxy) is 1. The minimum atomic E-state index is 0.0730. The summed E-state index contributed by atoms with van der Waals surface area (Å²) in [5.41, 5.74) is 2.40. The Kier molecular flexibility index (Phi) is 6.02. The summed E-state index contributed by atoms with van der Waals surface area (Å²) in [4.78, 5) is 17.4. The highest BCUT2D eigenvalue weighted by molar-refractivity contribution is 5.20. The molecule has 0 unspecified atom stereocenters. The zero-order chi connectivity index (χ0) is 17.8. The highest BCUT2D eigenvalue weighted by Gasteiger charge is 2.22. The van der Waals surface area contributed by atoms with Crippen LogP contribution in [0, 0.1) is 5.92 Å². The molecule has 6 nitrogen and oxygen atoms in total. The first kappa shape index (κ1) is 18.1. The van der Waals surface area contributed by atoms with Crippen molar-refractivity contribution in [3.8, 4) is 0 Å². The van der Waals surface area contributed by atoms with E-state index in [-0.39, 0.29) is 5.56 Å². The molecular formula is C20H32N4O2. The average molecular weight is 361 g/mol. The third-order valence-electron chi connectivity index (χ3n) is 6.22. The van der Waals surface area contributed by atoms with Crippen molar-refractivity contribution in [2.45, 2.75) is 45.1 Å². The van der Waals surface area contributed by atoms with Crippen molar-refractivity contribution in [1.29, 1.82) is 0 Å². The molecule has 26 heavy (non-hydrogen) atoms. The van der Waals surface area contributed by atoms with Crippen LogP contribution in [-0.4, -0.2) is 72.1 Å². The van der Waals surface area contributed by atoms with E-state index >= 15 is 0 Å². The fourth-order valence-electron chi connectivity index (χ4n) is 4.49. The number of rotatable bonds is 5. The van der Waals surface area contributed by atoms with Gasteiger partial charge in [-0.1, -0.05) is 0 Å². The van der Waals surface area contributed by atoms with Gasteiger partial charge < -0.3 is 9.64 Å². The standard InChI is InChI=1S/C20H32N4O2/c25-20-15-18-3-1-2-4-19(18)21-24(20)12-11-22-7-9-23(10-8-22)16-17-5-13-26-14-6-17/h15,17H,1-14,16H2. The van der Waals surface area contributed by atoms with E-state index in [2.05, 4.69) is 14.9 Å². The zero-order valence-electron chi connectivity index (χ0n) is 15.9. The molecule has 3 aliphatic rings. The Morgan fingerprint density at radius 1 is 1.00 bits per heavy atom. The lowest BCUT2D eigenvalue weighted by Gasteiger charge is -2.37. The number of nitrogens with zero attached hydrogens (tertiary/aromatic N) is 4. The Morgan fingerprint density at radius 2 is 1.73 bits per heavy atom. The van der Waals surface area contributed by atoms with Crippen LogP contribution in [0.3, 0.4) is 0 Å². The summed E-state index contributed by atoms with van der Waals surface area (Å²) in [7, 11) is 0. The third-order valence-corrected chi connectivity index (χ3v) is 6.22. The number of hydrogen-bond donors (Lipinski definition) is 0. The van der Waals surface area contributed by atoms with Gasteiger partial charge in [-0.3, -0.25) is 9.69 Å². The predicted octanol–water partition coefficient (Wildman–Crippen LogP) is 1.17. The largest absolute Gasteiger partial charge is 0.381 e. The Bertz CT molecular complexity index is 646. The van der Waals surface area contributed by atoms with Crippen LogP contribution in [0.25, 0.3) is 0 Å². The number of fused-ring (bicyclic) bond motifs is 1. The van der Waals surface area contributed by atoms with Crippen LogP contribution in [0.1, 0.15) is 36.9 Å². The second kappa shape index (κ2) is 8.63. The van der Waals surface area contributed by atoms with E-state index in [1.165, 1.54) is 37.8 Å². The zero-order valence-corrected chi connectivity index (χ0v) is 15.9. The maximum absolute atomic E-state index is 12.3. The first-order valence-electron chi connectivity index (χ1n) is 10.4. The molecular weight excluding hydrogens is 328 g/mol. The summed E-state index contributed by atoms with van der Waals surface area (Å²) in [5.74, 6) is 0.813. The van der Waals surface area contributed by atoms with Crippen LogP contribution >= 0.6 is 0 Å². The molecule has 0 N–H and O–H groups in total. The van der Waals surface area contributed by atoms with Gasteiger partial charge in [-0.25, -0.2) is 4.68 Å². The maximum Gasteiger partial charge on any atom is 0.267 e. The summed E-state index contributed by atoms with van der Waals surface area (Å²) in [5, 5.41) is 4.64. The summed E-state index contributed by atoms with van der Waals surface area (Å²) in [6.45, 7) is 9.23. The maximum atomic E-state index is 12.3. The highest BCUT2D eigenvalue weighted by atomic mass is 16.5. The molecule has 4 rings (SSSR count). The molecule has 0 amide bonds. The monoisotopic (exact) mass is 360 g/mol. The van der Waals surface area contributed by atoms with Crippen molar-refractivity contribution >= 4 is 0 Å². The van der Waals surface area contributed by atoms with Gasteiger partial charge >= 0.3 is 0 Å². The molecule has 0 radical (unpaired) electrons. The Hall–Kier alpha value is -1.24. The molecule has 2 aliphatic heterocycles. The van der Waals surface area contributed by atoms with Gasteiger partial charge in [0.05, 0.1) is 12.2 Å². The fourth-order valence-corrected chi connectivity index (χ4v) is 4.49. The Labute approximate surface area is 156 Å². The molecule has 1 aromatic heterocycles. The minimum Gasteiger partial charge on any atom is -0.381 e. The van der Waals surface area contributed by atoms with Gasteiger partial charge in [-0.2, -0.15) is 5.10 Å². The molecule has 0 spiro atoms. The van der Waals surface area contributed by atoms with E-state index in [1.54, 1.807) is 4.68 Å². The van der Waals surface area contributed by atoms with Gasteiger partial charge in [-0.15, -0.1) is 0 Å². The summed E-state index contributed by atoms with van der Waals surface area (Å²) >= 11 is 0. The fraction of sp³-hybridized carbons (Fsp3) is 0.800. The molecule has 0 bridgehead atoms. The first-order chi connectivity index (χ1) is 12.8. The third kappa shape index (κ3) is 4.53. The van der Waals surface area contributed by atoms with E-state index < -0.39 is 0 Å². The van der Waals surface area contributed by atoms with Crippen molar-refractivity contribution in [2.24, 2.45) is 5.92 Å². The van der Waals surface area contributed by atoms with Gasteiger partial charge in [-0.05, 0) is 50.0 Å². The average Bonchev–Trinajstić information content (AvgIpc) is 2.68. The first-order valence-corrected chi connectivity index (χ1v) is 10.4. The highest BCUT2D eigenvalue weighted by Crippen LogP contribution is 2.18. The quantitative estimate of drug-likeness (QED) is 0.789. The van der Waals surface area contributed by atoms with Crippen molar-refractivity contribution in [3.63, 3.8) is 0 Å². The molecule has 1 aromatic rings. The van der Waals surface area contributed by atoms with Crippen molar-refractivity contribution in [2.75, 3.05) is 52.5 Å². The van der Waals surface area contributed by atoms with Gasteiger partial charge in [0.15, 0.2) is 0 Å². The number of aromatic nitrogens is 2. The molecule has 2 fully saturated rings. The van der Waals surface area contributed by atoms with Gasteiger partial charge in [0.2, 0.25) is 0 Å². The van der Waals surface area contributed by atoms with Crippen LogP contribution < -0.4 is 5.56 Å². The lowest BCUT2D eigenvalue weighted by atomic mass is 9.97.